The average Bonchev–Trinajstić information content (AvgIpc) is 3.21. The number of rotatable bonds is 8. The van der Waals surface area contributed by atoms with E-state index in [1.165, 1.54) is 13.2 Å². The average molecular weight is 457 g/mol. The van der Waals surface area contributed by atoms with Gasteiger partial charge >= 0.3 is 5.97 Å². The third-order valence-corrected chi connectivity index (χ3v) is 6.59. The molecule has 0 amide bonds. The molecule has 0 atom stereocenters. The van der Waals surface area contributed by atoms with Crippen LogP contribution in [0.3, 0.4) is 0 Å². The van der Waals surface area contributed by atoms with Crippen molar-refractivity contribution in [3.63, 3.8) is 0 Å². The lowest BCUT2D eigenvalue weighted by molar-refractivity contribution is -0.140. The molecule has 0 spiro atoms. The van der Waals surface area contributed by atoms with Crippen LogP contribution in [0.4, 0.5) is 4.39 Å². The first kappa shape index (κ1) is 23.8. The van der Waals surface area contributed by atoms with Crippen LogP contribution in [0.5, 0.6) is 11.5 Å². The zero-order valence-corrected chi connectivity index (χ0v) is 20.0. The zero-order valence-electron chi connectivity index (χ0n) is 19.2. The number of ether oxygens (including phenoxy) is 3. The Labute approximate surface area is 193 Å². The predicted molar refractivity (Wildman–Crippen MR) is 126 cm³/mol. The molecule has 0 aliphatic heterocycles. The summed E-state index contributed by atoms with van der Waals surface area (Å²) in [6.07, 6.45) is 0.922. The fourth-order valence-corrected chi connectivity index (χ4v) is 4.54. The van der Waals surface area contributed by atoms with Gasteiger partial charge in [0.05, 0.1) is 14.2 Å². The molecule has 0 N–H and O–H groups in total. The van der Waals surface area contributed by atoms with Gasteiger partial charge in [-0.15, -0.1) is 11.3 Å². The van der Waals surface area contributed by atoms with Crippen molar-refractivity contribution >= 4 is 17.3 Å². The summed E-state index contributed by atoms with van der Waals surface area (Å²) in [5.41, 5.74) is 2.25. The van der Waals surface area contributed by atoms with E-state index in [1.54, 1.807) is 30.6 Å². The number of benzene rings is 2. The lowest BCUT2D eigenvalue weighted by atomic mass is 9.89. The Morgan fingerprint density at radius 1 is 1.00 bits per heavy atom. The highest BCUT2D eigenvalue weighted by molar-refractivity contribution is 7.12. The van der Waals surface area contributed by atoms with Gasteiger partial charge in [-0.25, -0.2) is 4.39 Å². The largest absolute Gasteiger partial charge is 0.497 e. The van der Waals surface area contributed by atoms with Crippen molar-refractivity contribution in [3.8, 4) is 22.6 Å². The molecule has 0 saturated carbocycles. The standard InChI is InChI=1S/C26H29FO4S/c1-26(2,3)25-22(21-14-18(29-4)10-11-23(21)27)15-20(32-25)16-31-19-8-6-7-17(13-19)9-12-24(28)30-5/h6-8,10-11,13-15H,9,12,16H2,1-5H3. The van der Waals surface area contributed by atoms with E-state index in [-0.39, 0.29) is 17.2 Å². The lowest BCUT2D eigenvalue weighted by Crippen LogP contribution is -2.10. The van der Waals surface area contributed by atoms with Crippen molar-refractivity contribution in [1.82, 2.24) is 0 Å². The van der Waals surface area contributed by atoms with Gasteiger partial charge in [-0.3, -0.25) is 4.79 Å². The number of methoxy groups -OCH3 is 2. The first-order valence-corrected chi connectivity index (χ1v) is 11.3. The molecule has 0 aliphatic carbocycles. The molecular formula is C26H29FO4S. The van der Waals surface area contributed by atoms with E-state index >= 15 is 0 Å². The monoisotopic (exact) mass is 456 g/mol. The van der Waals surface area contributed by atoms with Crippen LogP contribution in [-0.2, 0) is 28.0 Å². The van der Waals surface area contributed by atoms with Crippen molar-refractivity contribution in [2.45, 2.75) is 45.6 Å². The summed E-state index contributed by atoms with van der Waals surface area (Å²) in [4.78, 5) is 13.5. The van der Waals surface area contributed by atoms with E-state index in [1.807, 2.05) is 30.3 Å². The molecule has 0 aliphatic rings. The third-order valence-electron chi connectivity index (χ3n) is 5.05. The number of esters is 1. The van der Waals surface area contributed by atoms with Crippen molar-refractivity contribution in [2.75, 3.05) is 14.2 Å². The normalized spacial score (nSPS) is 11.3. The van der Waals surface area contributed by atoms with Gasteiger partial charge in [-0.1, -0.05) is 32.9 Å². The Morgan fingerprint density at radius 2 is 1.78 bits per heavy atom. The fourth-order valence-electron chi connectivity index (χ4n) is 3.40. The summed E-state index contributed by atoms with van der Waals surface area (Å²) < 4.78 is 30.7. The molecule has 2 aromatic carbocycles. The first-order valence-electron chi connectivity index (χ1n) is 10.5. The quantitative estimate of drug-likeness (QED) is 0.361. The summed E-state index contributed by atoms with van der Waals surface area (Å²) >= 11 is 1.63. The van der Waals surface area contributed by atoms with Crippen molar-refractivity contribution in [2.24, 2.45) is 0 Å². The highest BCUT2D eigenvalue weighted by Crippen LogP contribution is 2.41. The predicted octanol–water partition coefficient (Wildman–Crippen LogP) is 6.54. The fraction of sp³-hybridized carbons (Fsp3) is 0.346. The summed E-state index contributed by atoms with van der Waals surface area (Å²) in [7, 11) is 2.97. The molecule has 0 fully saturated rings. The van der Waals surface area contributed by atoms with Crippen LogP contribution >= 0.6 is 11.3 Å². The van der Waals surface area contributed by atoms with Crippen molar-refractivity contribution < 1.29 is 23.4 Å². The molecular weight excluding hydrogens is 427 g/mol. The Kier molecular flexibility index (Phi) is 7.56. The van der Waals surface area contributed by atoms with Gasteiger partial charge in [-0.05, 0) is 59.4 Å². The van der Waals surface area contributed by atoms with E-state index in [0.717, 1.165) is 26.6 Å². The topological polar surface area (TPSA) is 44.8 Å². The first-order chi connectivity index (χ1) is 15.2. The van der Waals surface area contributed by atoms with E-state index < -0.39 is 0 Å². The van der Waals surface area contributed by atoms with Crippen LogP contribution in [0.1, 0.15) is 42.5 Å². The molecule has 4 nitrogen and oxygen atoms in total. The molecule has 0 bridgehead atoms. The van der Waals surface area contributed by atoms with Gasteiger partial charge in [0.2, 0.25) is 0 Å². The lowest BCUT2D eigenvalue weighted by Gasteiger charge is -2.19. The molecule has 1 aromatic heterocycles. The number of hydrogen-bond acceptors (Lipinski definition) is 5. The molecule has 170 valence electrons. The SMILES string of the molecule is COC(=O)CCc1cccc(OCc2cc(-c3cc(OC)ccc3F)c(C(C)(C)C)s2)c1. The summed E-state index contributed by atoms with van der Waals surface area (Å²) in [6, 6.07) is 14.5. The molecule has 0 unspecified atom stereocenters. The van der Waals surface area contributed by atoms with Gasteiger partial charge in [-0.2, -0.15) is 0 Å². The summed E-state index contributed by atoms with van der Waals surface area (Å²) in [6.45, 7) is 6.74. The number of carbonyl (C=O) groups excluding carboxylic acids is 1. The maximum atomic E-state index is 14.7. The highest BCUT2D eigenvalue weighted by atomic mass is 32.1. The van der Waals surface area contributed by atoms with E-state index in [9.17, 15) is 9.18 Å². The zero-order chi connectivity index (χ0) is 23.3. The molecule has 0 saturated heterocycles. The van der Waals surface area contributed by atoms with Gasteiger partial charge in [0.1, 0.15) is 23.9 Å². The molecule has 32 heavy (non-hydrogen) atoms. The number of carbonyl (C=O) groups is 1. The van der Waals surface area contributed by atoms with Gasteiger partial charge in [0.25, 0.3) is 0 Å². The molecule has 0 radical (unpaired) electrons. The second kappa shape index (κ2) is 10.2. The number of hydrogen-bond donors (Lipinski definition) is 0. The van der Waals surface area contributed by atoms with E-state index in [2.05, 4.69) is 20.8 Å². The summed E-state index contributed by atoms with van der Waals surface area (Å²) in [5, 5.41) is 0. The van der Waals surface area contributed by atoms with E-state index in [4.69, 9.17) is 14.2 Å². The van der Waals surface area contributed by atoms with Crippen LogP contribution in [0.25, 0.3) is 11.1 Å². The van der Waals surface area contributed by atoms with E-state index in [0.29, 0.717) is 30.8 Å². The Hall–Kier alpha value is -2.86. The minimum Gasteiger partial charge on any atom is -0.497 e. The van der Waals surface area contributed by atoms with Gasteiger partial charge < -0.3 is 14.2 Å². The second-order valence-electron chi connectivity index (χ2n) is 8.56. The van der Waals surface area contributed by atoms with Crippen LogP contribution in [-0.4, -0.2) is 20.2 Å². The maximum absolute atomic E-state index is 14.7. The summed E-state index contributed by atoms with van der Waals surface area (Å²) in [5.74, 6) is 0.836. The highest BCUT2D eigenvalue weighted by Gasteiger charge is 2.24. The molecule has 3 rings (SSSR count). The van der Waals surface area contributed by atoms with Gasteiger partial charge in [0, 0.05) is 21.7 Å². The van der Waals surface area contributed by atoms with Crippen molar-refractivity contribution in [1.29, 1.82) is 0 Å². The molecule has 3 aromatic rings. The maximum Gasteiger partial charge on any atom is 0.305 e. The number of halogens is 1. The Morgan fingerprint density at radius 3 is 2.47 bits per heavy atom. The minimum atomic E-state index is -0.278. The van der Waals surface area contributed by atoms with Crippen LogP contribution in [0, 0.1) is 5.82 Å². The number of aryl methyl sites for hydroxylation is 1. The van der Waals surface area contributed by atoms with Crippen LogP contribution in [0.15, 0.2) is 48.5 Å². The van der Waals surface area contributed by atoms with Gasteiger partial charge in [0.15, 0.2) is 0 Å². The Balaban J connectivity index is 1.82. The molecule has 6 heteroatoms. The number of thiophene rings is 1. The third kappa shape index (κ3) is 5.88. The smallest absolute Gasteiger partial charge is 0.305 e. The Bertz CT molecular complexity index is 1080. The van der Waals surface area contributed by atoms with Crippen LogP contribution < -0.4 is 9.47 Å². The van der Waals surface area contributed by atoms with Crippen molar-refractivity contribution in [3.05, 3.63) is 69.7 Å². The second-order valence-corrected chi connectivity index (χ2v) is 9.70. The minimum absolute atomic E-state index is 0.151. The van der Waals surface area contributed by atoms with Crippen LogP contribution in [0.2, 0.25) is 0 Å². The molecule has 1 heterocycles.